The molecule has 1 aliphatic carbocycles. The third-order valence-electron chi connectivity index (χ3n) is 5.68. The quantitative estimate of drug-likeness (QED) is 0.832. The smallest absolute Gasteiger partial charge is 0.147 e. The molecule has 0 aromatic carbocycles. The summed E-state index contributed by atoms with van der Waals surface area (Å²) in [5.74, 6) is 2.09. The summed E-state index contributed by atoms with van der Waals surface area (Å²) in [6.07, 6.45) is 5.82. The van der Waals surface area contributed by atoms with Gasteiger partial charge in [0.25, 0.3) is 0 Å². The van der Waals surface area contributed by atoms with E-state index in [1.54, 1.807) is 11.3 Å². The number of aryl methyl sites for hydroxylation is 1. The maximum absolute atomic E-state index is 4.51. The SMILES string of the molecule is CCn1c(C)nnc1CN(Cc1nccs1)C1CC12CCNCC2.Cl. The van der Waals surface area contributed by atoms with Crippen LogP contribution in [0.15, 0.2) is 11.6 Å². The lowest BCUT2D eigenvalue weighted by atomic mass is 9.93. The van der Waals surface area contributed by atoms with Gasteiger partial charge in [0.15, 0.2) is 0 Å². The Bertz CT molecular complexity index is 679. The van der Waals surface area contributed by atoms with Crippen molar-refractivity contribution in [2.75, 3.05) is 13.1 Å². The molecule has 0 bridgehead atoms. The van der Waals surface area contributed by atoms with Crippen LogP contribution in [0.4, 0.5) is 0 Å². The molecule has 2 aromatic rings. The minimum absolute atomic E-state index is 0. The molecule has 1 unspecified atom stereocenters. The summed E-state index contributed by atoms with van der Waals surface area (Å²) < 4.78 is 2.23. The predicted octanol–water partition coefficient (Wildman–Crippen LogP) is 2.63. The van der Waals surface area contributed by atoms with E-state index >= 15 is 0 Å². The first-order valence-electron chi connectivity index (χ1n) is 8.94. The molecule has 3 heterocycles. The number of thiazole rings is 1. The number of nitrogens with zero attached hydrogens (tertiary/aromatic N) is 5. The van der Waals surface area contributed by atoms with Gasteiger partial charge < -0.3 is 9.88 Å². The maximum atomic E-state index is 4.51. The van der Waals surface area contributed by atoms with Crippen LogP contribution in [-0.2, 0) is 19.6 Å². The lowest BCUT2D eigenvalue weighted by Gasteiger charge is -2.29. The first-order chi connectivity index (χ1) is 11.7. The van der Waals surface area contributed by atoms with Gasteiger partial charge in [-0.15, -0.1) is 33.9 Å². The third kappa shape index (κ3) is 3.74. The first kappa shape index (κ1) is 18.8. The van der Waals surface area contributed by atoms with Crippen molar-refractivity contribution < 1.29 is 0 Å². The number of nitrogens with one attached hydrogen (secondary N) is 1. The van der Waals surface area contributed by atoms with Gasteiger partial charge in [-0.05, 0) is 51.6 Å². The van der Waals surface area contributed by atoms with Gasteiger partial charge in [-0.2, -0.15) is 0 Å². The minimum atomic E-state index is 0. The van der Waals surface area contributed by atoms with E-state index in [1.807, 2.05) is 13.1 Å². The van der Waals surface area contributed by atoms with Gasteiger partial charge in [-0.1, -0.05) is 0 Å². The number of halogens is 1. The molecule has 1 atom stereocenters. The summed E-state index contributed by atoms with van der Waals surface area (Å²) >= 11 is 1.75. The average molecular weight is 383 g/mol. The van der Waals surface area contributed by atoms with E-state index in [9.17, 15) is 0 Å². The highest BCUT2D eigenvalue weighted by Gasteiger charge is 2.56. The lowest BCUT2D eigenvalue weighted by Crippen LogP contribution is -2.36. The zero-order valence-corrected chi connectivity index (χ0v) is 16.6. The Kier molecular flexibility index (Phi) is 5.78. The highest BCUT2D eigenvalue weighted by atomic mass is 35.5. The van der Waals surface area contributed by atoms with Gasteiger partial charge in [-0.25, -0.2) is 4.98 Å². The lowest BCUT2D eigenvalue weighted by molar-refractivity contribution is 0.182. The van der Waals surface area contributed by atoms with E-state index < -0.39 is 0 Å². The Balaban J connectivity index is 0.00000182. The van der Waals surface area contributed by atoms with Crippen LogP contribution in [0.25, 0.3) is 0 Å². The molecule has 1 saturated heterocycles. The van der Waals surface area contributed by atoms with Crippen LogP contribution < -0.4 is 5.32 Å². The second-order valence-electron chi connectivity index (χ2n) is 7.07. The van der Waals surface area contributed by atoms with E-state index in [-0.39, 0.29) is 12.4 Å². The molecule has 8 heteroatoms. The van der Waals surface area contributed by atoms with Gasteiger partial charge in [0.05, 0.1) is 13.1 Å². The molecule has 0 amide bonds. The zero-order chi connectivity index (χ0) is 16.6. The Labute approximate surface area is 159 Å². The highest BCUT2D eigenvalue weighted by Crippen LogP contribution is 2.56. The normalized spacial score (nSPS) is 21.5. The minimum Gasteiger partial charge on any atom is -0.317 e. The van der Waals surface area contributed by atoms with Crippen LogP contribution in [0, 0.1) is 12.3 Å². The number of rotatable bonds is 6. The molecule has 2 fully saturated rings. The number of hydrogen-bond acceptors (Lipinski definition) is 6. The van der Waals surface area contributed by atoms with Crippen LogP contribution >= 0.6 is 23.7 Å². The Morgan fingerprint density at radius 2 is 2.12 bits per heavy atom. The third-order valence-corrected chi connectivity index (χ3v) is 6.45. The molecule has 2 aliphatic rings. The van der Waals surface area contributed by atoms with Crippen molar-refractivity contribution in [3.05, 3.63) is 28.2 Å². The molecule has 2 aromatic heterocycles. The van der Waals surface area contributed by atoms with Crippen LogP contribution in [0.2, 0.25) is 0 Å². The van der Waals surface area contributed by atoms with Crippen molar-refractivity contribution in [3.63, 3.8) is 0 Å². The predicted molar refractivity (Wildman–Crippen MR) is 102 cm³/mol. The summed E-state index contributed by atoms with van der Waals surface area (Å²) in [7, 11) is 0. The van der Waals surface area contributed by atoms with Crippen molar-refractivity contribution in [2.24, 2.45) is 5.41 Å². The molecule has 138 valence electrons. The summed E-state index contributed by atoms with van der Waals surface area (Å²) in [6, 6.07) is 0.658. The standard InChI is InChI=1S/C17H26N6S.ClH/c1-3-23-13(2)20-21-15(23)11-22(12-16-19-8-9-24-16)14-10-17(14)4-6-18-7-5-17;/h8-9,14,18H,3-7,10-12H2,1-2H3;1H. The van der Waals surface area contributed by atoms with Gasteiger partial charge in [0.2, 0.25) is 0 Å². The summed E-state index contributed by atoms with van der Waals surface area (Å²) in [5.41, 5.74) is 0.522. The molecule has 1 N–H and O–H groups in total. The van der Waals surface area contributed by atoms with E-state index in [4.69, 9.17) is 0 Å². The van der Waals surface area contributed by atoms with E-state index in [1.165, 1.54) is 24.3 Å². The zero-order valence-electron chi connectivity index (χ0n) is 14.9. The van der Waals surface area contributed by atoms with E-state index in [0.29, 0.717) is 11.5 Å². The molecule has 0 radical (unpaired) electrons. The molecule has 1 spiro atoms. The van der Waals surface area contributed by atoms with Crippen LogP contribution in [0.1, 0.15) is 42.8 Å². The van der Waals surface area contributed by atoms with Crippen molar-refractivity contribution in [3.8, 4) is 0 Å². The number of aromatic nitrogens is 4. The highest BCUT2D eigenvalue weighted by molar-refractivity contribution is 7.09. The number of piperidine rings is 1. The van der Waals surface area contributed by atoms with E-state index in [2.05, 4.69) is 42.3 Å². The fourth-order valence-corrected chi connectivity index (χ4v) is 4.86. The fourth-order valence-electron chi connectivity index (χ4n) is 4.22. The maximum Gasteiger partial charge on any atom is 0.147 e. The van der Waals surface area contributed by atoms with Gasteiger partial charge >= 0.3 is 0 Å². The molecular weight excluding hydrogens is 356 g/mol. The number of hydrogen-bond donors (Lipinski definition) is 1. The Morgan fingerprint density at radius 1 is 1.32 bits per heavy atom. The molecular formula is C17H27ClN6S. The van der Waals surface area contributed by atoms with Gasteiger partial charge in [-0.3, -0.25) is 4.90 Å². The molecule has 4 rings (SSSR count). The van der Waals surface area contributed by atoms with Crippen LogP contribution in [0.3, 0.4) is 0 Å². The van der Waals surface area contributed by atoms with Gasteiger partial charge in [0, 0.05) is 24.2 Å². The van der Waals surface area contributed by atoms with Crippen molar-refractivity contribution >= 4 is 23.7 Å². The van der Waals surface area contributed by atoms with Crippen molar-refractivity contribution in [2.45, 2.75) is 58.8 Å². The molecule has 6 nitrogen and oxygen atoms in total. The molecule has 25 heavy (non-hydrogen) atoms. The summed E-state index contributed by atoms with van der Waals surface area (Å²) in [5, 5.41) is 15.5. The Hall–Kier alpha value is -1.02. The summed E-state index contributed by atoms with van der Waals surface area (Å²) in [6.45, 7) is 9.24. The molecule has 1 aliphatic heterocycles. The van der Waals surface area contributed by atoms with E-state index in [0.717, 1.165) is 44.4 Å². The largest absolute Gasteiger partial charge is 0.317 e. The second-order valence-corrected chi connectivity index (χ2v) is 8.05. The Morgan fingerprint density at radius 3 is 2.80 bits per heavy atom. The fraction of sp³-hybridized carbons (Fsp3) is 0.706. The van der Waals surface area contributed by atoms with Gasteiger partial charge in [0.1, 0.15) is 16.7 Å². The monoisotopic (exact) mass is 382 g/mol. The van der Waals surface area contributed by atoms with Crippen molar-refractivity contribution in [1.82, 2.24) is 30.0 Å². The average Bonchev–Trinajstić information content (AvgIpc) is 2.94. The first-order valence-corrected chi connectivity index (χ1v) is 9.81. The van der Waals surface area contributed by atoms with Crippen LogP contribution in [0.5, 0.6) is 0 Å². The van der Waals surface area contributed by atoms with Crippen molar-refractivity contribution in [1.29, 1.82) is 0 Å². The molecule has 1 saturated carbocycles. The second kappa shape index (κ2) is 7.70. The van der Waals surface area contributed by atoms with Crippen LogP contribution in [-0.4, -0.2) is 43.8 Å². The topological polar surface area (TPSA) is 58.9 Å². The summed E-state index contributed by atoms with van der Waals surface area (Å²) in [4.78, 5) is 7.11.